The highest BCUT2D eigenvalue weighted by atomic mass is 35.5. The van der Waals surface area contributed by atoms with Crippen LogP contribution < -0.4 is 10.5 Å². The molecule has 6 nitrogen and oxygen atoms in total. The second-order valence-corrected chi connectivity index (χ2v) is 9.05. The Morgan fingerprint density at radius 1 is 1.07 bits per heavy atom. The number of nitrogens with two attached hydrogens (primary N) is 1. The molecule has 1 unspecified atom stereocenters. The SMILES string of the molecule is Cc1c(C)c(C)c(S(=O)(=O)NCCC(=O)N2CCCC(N)C2)c(C)c1C.Cl. The molecule has 0 radical (unpaired) electrons. The average Bonchev–Trinajstić information content (AvgIpc) is 2.58. The number of carbonyl (C=O) groups excluding carboxylic acids is 1. The summed E-state index contributed by atoms with van der Waals surface area (Å²) in [5, 5.41) is 0. The maximum Gasteiger partial charge on any atom is 0.241 e. The first-order chi connectivity index (χ1) is 12.1. The van der Waals surface area contributed by atoms with Gasteiger partial charge in [-0.2, -0.15) is 0 Å². The molecule has 0 bridgehead atoms. The molecular weight excluding hydrogens is 386 g/mol. The Morgan fingerprint density at radius 2 is 1.59 bits per heavy atom. The summed E-state index contributed by atoms with van der Waals surface area (Å²) in [5.74, 6) is -0.0486. The van der Waals surface area contributed by atoms with E-state index in [2.05, 4.69) is 4.72 Å². The van der Waals surface area contributed by atoms with Crippen LogP contribution >= 0.6 is 12.4 Å². The molecule has 1 aliphatic heterocycles. The third kappa shape index (κ3) is 5.22. The molecule has 27 heavy (non-hydrogen) atoms. The molecule has 1 amide bonds. The van der Waals surface area contributed by atoms with E-state index in [9.17, 15) is 13.2 Å². The predicted molar refractivity (Wildman–Crippen MR) is 111 cm³/mol. The van der Waals surface area contributed by atoms with Gasteiger partial charge in [0.1, 0.15) is 0 Å². The van der Waals surface area contributed by atoms with Gasteiger partial charge in [0.2, 0.25) is 15.9 Å². The minimum atomic E-state index is -3.67. The van der Waals surface area contributed by atoms with Crippen LogP contribution in [0.3, 0.4) is 0 Å². The van der Waals surface area contributed by atoms with Crippen LogP contribution in [0.15, 0.2) is 4.90 Å². The van der Waals surface area contributed by atoms with Gasteiger partial charge >= 0.3 is 0 Å². The van der Waals surface area contributed by atoms with E-state index >= 15 is 0 Å². The fourth-order valence-corrected chi connectivity index (χ4v) is 5.26. The van der Waals surface area contributed by atoms with E-state index in [0.29, 0.717) is 18.0 Å². The average molecular weight is 418 g/mol. The minimum absolute atomic E-state index is 0. The molecule has 1 fully saturated rings. The molecule has 1 atom stereocenters. The van der Waals surface area contributed by atoms with Crippen LogP contribution in [-0.2, 0) is 14.8 Å². The molecule has 1 saturated heterocycles. The van der Waals surface area contributed by atoms with Gasteiger partial charge in [-0.25, -0.2) is 13.1 Å². The lowest BCUT2D eigenvalue weighted by Crippen LogP contribution is -2.46. The smallest absolute Gasteiger partial charge is 0.241 e. The molecule has 1 aromatic carbocycles. The predicted octanol–water partition coefficient (Wildman–Crippen LogP) is 2.27. The van der Waals surface area contributed by atoms with E-state index in [0.717, 1.165) is 40.7 Å². The molecule has 0 spiro atoms. The van der Waals surface area contributed by atoms with Gasteiger partial charge in [0, 0.05) is 32.1 Å². The number of nitrogens with one attached hydrogen (secondary N) is 1. The number of carbonyl (C=O) groups is 1. The van der Waals surface area contributed by atoms with Crippen molar-refractivity contribution in [3.63, 3.8) is 0 Å². The van der Waals surface area contributed by atoms with E-state index in [4.69, 9.17) is 5.73 Å². The van der Waals surface area contributed by atoms with Gasteiger partial charge in [0.05, 0.1) is 4.90 Å². The van der Waals surface area contributed by atoms with E-state index in [-0.39, 0.29) is 37.3 Å². The Bertz CT molecular complexity index is 780. The summed E-state index contributed by atoms with van der Waals surface area (Å²) in [7, 11) is -3.67. The highest BCUT2D eigenvalue weighted by Crippen LogP contribution is 2.29. The highest BCUT2D eigenvalue weighted by Gasteiger charge is 2.25. The summed E-state index contributed by atoms with van der Waals surface area (Å²) in [6.45, 7) is 10.9. The molecule has 2 rings (SSSR count). The zero-order chi connectivity index (χ0) is 19.6. The van der Waals surface area contributed by atoms with Crippen molar-refractivity contribution in [2.45, 2.75) is 64.8 Å². The highest BCUT2D eigenvalue weighted by molar-refractivity contribution is 7.89. The molecule has 1 aromatic rings. The van der Waals surface area contributed by atoms with Crippen molar-refractivity contribution in [2.75, 3.05) is 19.6 Å². The van der Waals surface area contributed by atoms with Crippen LogP contribution in [0.25, 0.3) is 0 Å². The number of rotatable bonds is 5. The van der Waals surface area contributed by atoms with Crippen molar-refractivity contribution in [1.29, 1.82) is 0 Å². The first kappa shape index (κ1) is 23.9. The lowest BCUT2D eigenvalue weighted by atomic mass is 9.95. The maximum atomic E-state index is 12.8. The molecule has 8 heteroatoms. The second kappa shape index (κ2) is 9.37. The topological polar surface area (TPSA) is 92.5 Å². The monoisotopic (exact) mass is 417 g/mol. The van der Waals surface area contributed by atoms with Gasteiger partial charge in [-0.1, -0.05) is 0 Å². The Labute approximate surface area is 169 Å². The standard InChI is InChI=1S/C19H31N3O3S.ClH/c1-12-13(2)15(4)19(16(5)14(12)3)26(24,25)21-9-8-18(23)22-10-6-7-17(20)11-22;/h17,21H,6-11,20H2,1-5H3;1H. The Hall–Kier alpha value is -1.15. The van der Waals surface area contributed by atoms with Gasteiger partial charge < -0.3 is 10.6 Å². The summed E-state index contributed by atoms with van der Waals surface area (Å²) in [4.78, 5) is 14.4. The van der Waals surface area contributed by atoms with E-state index in [1.165, 1.54) is 0 Å². The fourth-order valence-electron chi connectivity index (χ4n) is 3.63. The number of sulfonamides is 1. The number of halogens is 1. The fraction of sp³-hybridized carbons (Fsp3) is 0.632. The Morgan fingerprint density at radius 3 is 2.11 bits per heavy atom. The quantitative estimate of drug-likeness (QED) is 0.768. The normalized spacial score (nSPS) is 17.6. The lowest BCUT2D eigenvalue weighted by molar-refractivity contribution is -0.132. The van der Waals surface area contributed by atoms with Crippen LogP contribution in [-0.4, -0.2) is 44.9 Å². The molecule has 0 saturated carbocycles. The van der Waals surface area contributed by atoms with Crippen molar-refractivity contribution in [3.8, 4) is 0 Å². The lowest BCUT2D eigenvalue weighted by Gasteiger charge is -2.30. The van der Waals surface area contributed by atoms with Crippen molar-refractivity contribution in [2.24, 2.45) is 5.73 Å². The number of piperidine rings is 1. The number of amides is 1. The van der Waals surface area contributed by atoms with Gasteiger partial charge in [-0.15, -0.1) is 12.4 Å². The number of hydrogen-bond donors (Lipinski definition) is 2. The van der Waals surface area contributed by atoms with E-state index in [1.807, 2.05) is 34.6 Å². The van der Waals surface area contributed by atoms with Crippen molar-refractivity contribution in [1.82, 2.24) is 9.62 Å². The third-order valence-electron chi connectivity index (χ3n) is 5.64. The molecule has 1 aliphatic rings. The van der Waals surface area contributed by atoms with Crippen molar-refractivity contribution >= 4 is 28.3 Å². The van der Waals surface area contributed by atoms with Crippen LogP contribution in [0.4, 0.5) is 0 Å². The van der Waals surface area contributed by atoms with Crippen LogP contribution in [0.1, 0.15) is 47.1 Å². The van der Waals surface area contributed by atoms with E-state index < -0.39 is 10.0 Å². The largest absolute Gasteiger partial charge is 0.341 e. The molecule has 154 valence electrons. The van der Waals surface area contributed by atoms with Crippen LogP contribution in [0.2, 0.25) is 0 Å². The van der Waals surface area contributed by atoms with Gasteiger partial charge in [0.15, 0.2) is 0 Å². The van der Waals surface area contributed by atoms with Gasteiger partial charge in [-0.05, 0) is 75.3 Å². The Kier molecular flexibility index (Phi) is 8.29. The third-order valence-corrected chi connectivity index (χ3v) is 7.38. The summed E-state index contributed by atoms with van der Waals surface area (Å²) < 4.78 is 28.3. The number of benzene rings is 1. The number of hydrogen-bond acceptors (Lipinski definition) is 4. The second-order valence-electron chi connectivity index (χ2n) is 7.34. The zero-order valence-electron chi connectivity index (χ0n) is 16.9. The van der Waals surface area contributed by atoms with E-state index in [1.54, 1.807) is 4.90 Å². The zero-order valence-corrected chi connectivity index (χ0v) is 18.5. The molecule has 0 aromatic heterocycles. The Balaban J connectivity index is 0.00000364. The summed E-state index contributed by atoms with van der Waals surface area (Å²) in [6, 6.07) is 0.0215. The first-order valence-electron chi connectivity index (χ1n) is 9.16. The number of nitrogens with zero attached hydrogens (tertiary/aromatic N) is 1. The molecule has 0 aliphatic carbocycles. The summed E-state index contributed by atoms with van der Waals surface area (Å²) in [6.07, 6.45) is 1.98. The van der Waals surface area contributed by atoms with Crippen molar-refractivity contribution in [3.05, 3.63) is 27.8 Å². The summed E-state index contributed by atoms with van der Waals surface area (Å²) >= 11 is 0. The number of likely N-dealkylation sites (tertiary alicyclic amines) is 1. The van der Waals surface area contributed by atoms with Gasteiger partial charge in [0.25, 0.3) is 0 Å². The first-order valence-corrected chi connectivity index (χ1v) is 10.6. The molecule has 3 N–H and O–H groups in total. The van der Waals surface area contributed by atoms with Crippen molar-refractivity contribution < 1.29 is 13.2 Å². The van der Waals surface area contributed by atoms with Crippen LogP contribution in [0, 0.1) is 34.6 Å². The van der Waals surface area contributed by atoms with Gasteiger partial charge in [-0.3, -0.25) is 4.79 Å². The van der Waals surface area contributed by atoms with Crippen LogP contribution in [0.5, 0.6) is 0 Å². The summed E-state index contributed by atoms with van der Waals surface area (Å²) in [5.41, 5.74) is 10.6. The molecular formula is C19H32ClN3O3S. The maximum absolute atomic E-state index is 12.8. The minimum Gasteiger partial charge on any atom is -0.341 e. The molecule has 1 heterocycles.